The van der Waals surface area contributed by atoms with Crippen LogP contribution in [0.3, 0.4) is 0 Å². The maximum absolute atomic E-state index is 9.70. The Morgan fingerprint density at radius 3 is 2.27 bits per heavy atom. The van der Waals surface area contributed by atoms with E-state index in [0.717, 1.165) is 0 Å². The number of aliphatic hydroxyl groups is 3. The predicted molar refractivity (Wildman–Crippen MR) is 59.5 cm³/mol. The van der Waals surface area contributed by atoms with Crippen LogP contribution in [0.1, 0.15) is 27.2 Å². The number of hydrogen-bond acceptors (Lipinski definition) is 3. The van der Waals surface area contributed by atoms with E-state index in [1.54, 1.807) is 0 Å². The average molecular weight is 212 g/mol. The highest BCUT2D eigenvalue weighted by Gasteiger charge is 2.29. The van der Waals surface area contributed by atoms with Gasteiger partial charge in [0.25, 0.3) is 0 Å². The highest BCUT2D eigenvalue weighted by atomic mass is 16.3. The van der Waals surface area contributed by atoms with Gasteiger partial charge in [0.05, 0.1) is 13.2 Å². The number of rotatable bonds is 2. The van der Waals surface area contributed by atoms with E-state index in [1.165, 1.54) is 0 Å². The molecule has 0 aliphatic heterocycles. The molecule has 0 aromatic rings. The van der Waals surface area contributed by atoms with Crippen LogP contribution in [-0.2, 0) is 0 Å². The van der Waals surface area contributed by atoms with E-state index >= 15 is 0 Å². The van der Waals surface area contributed by atoms with Gasteiger partial charge in [-0.1, -0.05) is 26.8 Å². The van der Waals surface area contributed by atoms with Gasteiger partial charge >= 0.3 is 0 Å². The fraction of sp³-hybridized carbons (Fsp3) is 0.667. The van der Waals surface area contributed by atoms with Gasteiger partial charge in [0.15, 0.2) is 0 Å². The van der Waals surface area contributed by atoms with Crippen LogP contribution in [0.4, 0.5) is 0 Å². The summed E-state index contributed by atoms with van der Waals surface area (Å²) in [5, 5.41) is 27.9. The fourth-order valence-electron chi connectivity index (χ4n) is 1.79. The molecule has 0 fully saturated rings. The second-order valence-corrected chi connectivity index (χ2v) is 5.14. The van der Waals surface area contributed by atoms with Gasteiger partial charge < -0.3 is 15.3 Å². The summed E-state index contributed by atoms with van der Waals surface area (Å²) in [7, 11) is 0. The molecule has 86 valence electrons. The van der Waals surface area contributed by atoms with Gasteiger partial charge in [-0.2, -0.15) is 0 Å². The molecule has 0 amide bonds. The normalized spacial score (nSPS) is 23.0. The zero-order valence-electron chi connectivity index (χ0n) is 9.62. The summed E-state index contributed by atoms with van der Waals surface area (Å²) in [5.41, 5.74) is 1.23. The third kappa shape index (κ3) is 2.61. The molecule has 3 heteroatoms. The van der Waals surface area contributed by atoms with E-state index < -0.39 is 0 Å². The van der Waals surface area contributed by atoms with Crippen molar-refractivity contribution in [3.63, 3.8) is 0 Å². The molecule has 3 nitrogen and oxygen atoms in total. The van der Waals surface area contributed by atoms with Crippen LogP contribution in [-0.4, -0.2) is 28.5 Å². The van der Waals surface area contributed by atoms with Crippen LogP contribution in [0, 0.1) is 11.3 Å². The van der Waals surface area contributed by atoms with Crippen LogP contribution >= 0.6 is 0 Å². The maximum atomic E-state index is 9.70. The molecule has 15 heavy (non-hydrogen) atoms. The topological polar surface area (TPSA) is 60.7 Å². The molecule has 0 saturated heterocycles. The average Bonchev–Trinajstić information content (AvgIpc) is 2.16. The van der Waals surface area contributed by atoms with Crippen molar-refractivity contribution in [3.05, 3.63) is 23.0 Å². The van der Waals surface area contributed by atoms with Crippen molar-refractivity contribution in [1.82, 2.24) is 0 Å². The molecule has 0 aromatic heterocycles. The van der Waals surface area contributed by atoms with Crippen molar-refractivity contribution < 1.29 is 15.3 Å². The SMILES string of the molecule is CC(C)(C)C1C=C(CO)C(O)=C(CO)C1. The first-order valence-corrected chi connectivity index (χ1v) is 5.24. The first-order chi connectivity index (χ1) is 6.90. The summed E-state index contributed by atoms with van der Waals surface area (Å²) in [4.78, 5) is 0. The standard InChI is InChI=1S/C12H20O3/c1-12(2,3)10-4-8(6-13)11(15)9(5-10)7-14/h4,10,13-15H,5-7H2,1-3H3. The Hall–Kier alpha value is -0.800. The van der Waals surface area contributed by atoms with Crippen molar-refractivity contribution >= 4 is 0 Å². The maximum Gasteiger partial charge on any atom is 0.122 e. The molecule has 0 radical (unpaired) electrons. The number of hydrogen-bond donors (Lipinski definition) is 3. The van der Waals surface area contributed by atoms with Gasteiger partial charge in [0, 0.05) is 5.57 Å². The van der Waals surface area contributed by atoms with Gasteiger partial charge in [-0.25, -0.2) is 0 Å². The molecule has 0 saturated carbocycles. The van der Waals surface area contributed by atoms with Gasteiger partial charge in [0.2, 0.25) is 0 Å². The van der Waals surface area contributed by atoms with Crippen LogP contribution < -0.4 is 0 Å². The number of allylic oxidation sites excluding steroid dienone is 1. The van der Waals surface area contributed by atoms with Gasteiger partial charge in [-0.3, -0.25) is 0 Å². The molecule has 1 aliphatic rings. The minimum Gasteiger partial charge on any atom is -0.508 e. The Bertz CT molecular complexity index is 294. The minimum absolute atomic E-state index is 0.0699. The first kappa shape index (κ1) is 12.3. The Labute approximate surface area is 90.8 Å². The molecule has 0 aromatic carbocycles. The van der Waals surface area contributed by atoms with E-state index in [1.807, 2.05) is 6.08 Å². The predicted octanol–water partition coefficient (Wildman–Crippen LogP) is 1.78. The molecule has 3 N–H and O–H groups in total. The Morgan fingerprint density at radius 2 is 1.87 bits per heavy atom. The summed E-state index contributed by atoms with van der Waals surface area (Å²) in [6.45, 7) is 6.01. The van der Waals surface area contributed by atoms with E-state index in [0.29, 0.717) is 17.6 Å². The smallest absolute Gasteiger partial charge is 0.122 e. The number of aliphatic hydroxyl groups excluding tert-OH is 3. The van der Waals surface area contributed by atoms with Gasteiger partial charge in [-0.05, 0) is 23.3 Å². The third-order valence-corrected chi connectivity index (χ3v) is 2.98. The molecule has 1 atom stereocenters. The molecular formula is C12H20O3. The lowest BCUT2D eigenvalue weighted by Gasteiger charge is -2.32. The summed E-state index contributed by atoms with van der Waals surface area (Å²) >= 11 is 0. The van der Waals surface area contributed by atoms with Gasteiger partial charge in [0.1, 0.15) is 5.76 Å². The van der Waals surface area contributed by atoms with Crippen LogP contribution in [0.15, 0.2) is 23.0 Å². The summed E-state index contributed by atoms with van der Waals surface area (Å²) in [6, 6.07) is 0. The van der Waals surface area contributed by atoms with E-state index in [9.17, 15) is 5.11 Å². The summed E-state index contributed by atoms with van der Waals surface area (Å²) in [5.74, 6) is 0.318. The Balaban J connectivity index is 3.01. The largest absolute Gasteiger partial charge is 0.508 e. The van der Waals surface area contributed by atoms with Crippen molar-refractivity contribution in [2.45, 2.75) is 27.2 Å². The minimum atomic E-state index is -0.179. The summed E-state index contributed by atoms with van der Waals surface area (Å²) in [6.07, 6.45) is 2.57. The van der Waals surface area contributed by atoms with E-state index in [-0.39, 0.29) is 30.3 Å². The fourth-order valence-corrected chi connectivity index (χ4v) is 1.79. The lowest BCUT2D eigenvalue weighted by atomic mass is 9.73. The molecule has 0 bridgehead atoms. The lowest BCUT2D eigenvalue weighted by Crippen LogP contribution is -2.24. The second kappa shape index (κ2) is 4.37. The van der Waals surface area contributed by atoms with Crippen molar-refractivity contribution in [2.75, 3.05) is 13.2 Å². The van der Waals surface area contributed by atoms with Crippen LogP contribution in [0.25, 0.3) is 0 Å². The zero-order valence-corrected chi connectivity index (χ0v) is 9.62. The second-order valence-electron chi connectivity index (χ2n) is 5.14. The van der Waals surface area contributed by atoms with E-state index in [4.69, 9.17) is 10.2 Å². The molecule has 0 spiro atoms. The molecule has 0 heterocycles. The molecule has 1 rings (SSSR count). The Morgan fingerprint density at radius 1 is 1.27 bits per heavy atom. The zero-order chi connectivity index (χ0) is 11.6. The molecule has 1 aliphatic carbocycles. The quantitative estimate of drug-likeness (QED) is 0.654. The highest BCUT2D eigenvalue weighted by molar-refractivity contribution is 5.35. The van der Waals surface area contributed by atoms with E-state index in [2.05, 4.69) is 20.8 Å². The van der Waals surface area contributed by atoms with Crippen molar-refractivity contribution in [1.29, 1.82) is 0 Å². The molecular weight excluding hydrogens is 192 g/mol. The van der Waals surface area contributed by atoms with Crippen molar-refractivity contribution in [2.24, 2.45) is 11.3 Å². The first-order valence-electron chi connectivity index (χ1n) is 5.24. The highest BCUT2D eigenvalue weighted by Crippen LogP contribution is 2.37. The monoisotopic (exact) mass is 212 g/mol. The third-order valence-electron chi connectivity index (χ3n) is 2.98. The van der Waals surface area contributed by atoms with Gasteiger partial charge in [-0.15, -0.1) is 0 Å². The summed E-state index contributed by atoms with van der Waals surface area (Å²) < 4.78 is 0. The lowest BCUT2D eigenvalue weighted by molar-refractivity contribution is 0.242. The van der Waals surface area contributed by atoms with Crippen LogP contribution in [0.2, 0.25) is 0 Å². The Kier molecular flexibility index (Phi) is 3.58. The molecule has 1 unspecified atom stereocenters. The van der Waals surface area contributed by atoms with Crippen molar-refractivity contribution in [3.8, 4) is 0 Å². The van der Waals surface area contributed by atoms with Crippen LogP contribution in [0.5, 0.6) is 0 Å².